The average molecular weight is 256 g/mol. The molecular formula is C11H7F3N2O2. The lowest BCUT2D eigenvalue weighted by atomic mass is 9.97. The summed E-state index contributed by atoms with van der Waals surface area (Å²) in [7, 11) is 0. The van der Waals surface area contributed by atoms with Crippen LogP contribution in [0.1, 0.15) is 22.8 Å². The second kappa shape index (κ2) is 5.05. The van der Waals surface area contributed by atoms with E-state index in [1.54, 1.807) is 0 Å². The maximum atomic E-state index is 12.7. The first-order valence-corrected chi connectivity index (χ1v) is 4.68. The van der Waals surface area contributed by atoms with Crippen LogP contribution in [0.2, 0.25) is 0 Å². The van der Waals surface area contributed by atoms with Crippen LogP contribution in [0.15, 0.2) is 18.2 Å². The molecule has 4 nitrogen and oxygen atoms in total. The molecule has 0 spiro atoms. The molecule has 1 rings (SSSR count). The summed E-state index contributed by atoms with van der Waals surface area (Å²) >= 11 is 0. The lowest BCUT2D eigenvalue weighted by Gasteiger charge is -2.18. The first-order valence-electron chi connectivity index (χ1n) is 4.68. The fourth-order valence-corrected chi connectivity index (χ4v) is 1.37. The molecule has 0 aliphatic heterocycles. The van der Waals surface area contributed by atoms with Crippen LogP contribution in [-0.2, 0) is 6.18 Å². The highest BCUT2D eigenvalue weighted by Crippen LogP contribution is 2.36. The summed E-state index contributed by atoms with van der Waals surface area (Å²) in [4.78, 5) is 0. The summed E-state index contributed by atoms with van der Waals surface area (Å²) in [6.07, 6.45) is -8.75. The summed E-state index contributed by atoms with van der Waals surface area (Å²) in [5, 5.41) is 35.4. The third kappa shape index (κ3) is 2.77. The number of hydrogen-bond acceptors (Lipinski definition) is 4. The summed E-state index contributed by atoms with van der Waals surface area (Å²) in [5.74, 6) is 0. The standard InChI is InChI=1S/C11H7F3N2O2/c12-11(13,14)8-3-6(4-15)1-2-7(8)10(18)9(17)5-16/h1-3,9-10,17-18H. The van der Waals surface area contributed by atoms with Crippen molar-refractivity contribution in [3.05, 3.63) is 34.9 Å². The summed E-state index contributed by atoms with van der Waals surface area (Å²) in [6, 6.07) is 5.28. The molecule has 0 saturated heterocycles. The van der Waals surface area contributed by atoms with Crippen LogP contribution in [0.5, 0.6) is 0 Å². The summed E-state index contributed by atoms with van der Waals surface area (Å²) < 4.78 is 38.1. The Balaban J connectivity index is 3.38. The van der Waals surface area contributed by atoms with E-state index < -0.39 is 29.5 Å². The van der Waals surface area contributed by atoms with Gasteiger partial charge in [-0.1, -0.05) is 6.07 Å². The lowest BCUT2D eigenvalue weighted by Crippen LogP contribution is -2.20. The van der Waals surface area contributed by atoms with E-state index in [2.05, 4.69) is 0 Å². The first-order chi connectivity index (χ1) is 8.31. The Bertz CT molecular complexity index is 529. The van der Waals surface area contributed by atoms with Gasteiger partial charge in [0.05, 0.1) is 23.3 Å². The van der Waals surface area contributed by atoms with E-state index in [9.17, 15) is 18.3 Å². The molecule has 0 aliphatic carbocycles. The third-order valence-corrected chi connectivity index (χ3v) is 2.24. The van der Waals surface area contributed by atoms with Crippen molar-refractivity contribution in [1.29, 1.82) is 10.5 Å². The number of aliphatic hydroxyl groups is 2. The first kappa shape index (κ1) is 14.0. The topological polar surface area (TPSA) is 88.0 Å². The van der Waals surface area contributed by atoms with Crippen molar-refractivity contribution in [3.8, 4) is 12.1 Å². The molecule has 0 aromatic heterocycles. The maximum Gasteiger partial charge on any atom is 0.416 e. The predicted molar refractivity (Wildman–Crippen MR) is 52.7 cm³/mol. The number of alkyl halides is 3. The molecule has 0 fully saturated rings. The quantitative estimate of drug-likeness (QED) is 0.785. The summed E-state index contributed by atoms with van der Waals surface area (Å²) in [6.45, 7) is 0. The smallest absolute Gasteiger partial charge is 0.385 e. The highest BCUT2D eigenvalue weighted by Gasteiger charge is 2.36. The number of nitrogens with zero attached hydrogens (tertiary/aromatic N) is 2. The molecule has 0 saturated carbocycles. The van der Waals surface area contributed by atoms with Gasteiger partial charge in [0.1, 0.15) is 6.10 Å². The molecule has 0 heterocycles. The van der Waals surface area contributed by atoms with Crippen LogP contribution in [0.4, 0.5) is 13.2 Å². The third-order valence-electron chi connectivity index (χ3n) is 2.24. The van der Waals surface area contributed by atoms with Gasteiger partial charge in [-0.3, -0.25) is 0 Å². The van der Waals surface area contributed by atoms with E-state index in [1.807, 2.05) is 0 Å². The van der Waals surface area contributed by atoms with Crippen molar-refractivity contribution in [1.82, 2.24) is 0 Å². The number of nitriles is 2. The minimum absolute atomic E-state index is 0.232. The normalized spacial score (nSPS) is 14.4. The zero-order chi connectivity index (χ0) is 13.9. The van der Waals surface area contributed by atoms with Gasteiger partial charge < -0.3 is 10.2 Å². The molecule has 0 amide bonds. The number of aliphatic hydroxyl groups excluding tert-OH is 2. The zero-order valence-corrected chi connectivity index (χ0v) is 8.81. The average Bonchev–Trinajstić information content (AvgIpc) is 2.35. The van der Waals surface area contributed by atoms with Crippen LogP contribution in [0.3, 0.4) is 0 Å². The van der Waals surface area contributed by atoms with E-state index in [-0.39, 0.29) is 5.56 Å². The van der Waals surface area contributed by atoms with Gasteiger partial charge in [0.25, 0.3) is 0 Å². The summed E-state index contributed by atoms with van der Waals surface area (Å²) in [5.41, 5.74) is -2.12. The van der Waals surface area contributed by atoms with Gasteiger partial charge in [0.15, 0.2) is 6.10 Å². The highest BCUT2D eigenvalue weighted by molar-refractivity contribution is 5.41. The fraction of sp³-hybridized carbons (Fsp3) is 0.273. The molecule has 2 atom stereocenters. The molecular weight excluding hydrogens is 249 g/mol. The molecule has 18 heavy (non-hydrogen) atoms. The Hall–Kier alpha value is -2.09. The molecule has 0 radical (unpaired) electrons. The van der Waals surface area contributed by atoms with Crippen molar-refractivity contribution in [2.75, 3.05) is 0 Å². The van der Waals surface area contributed by atoms with Crippen molar-refractivity contribution in [3.63, 3.8) is 0 Å². The van der Waals surface area contributed by atoms with Gasteiger partial charge in [0, 0.05) is 0 Å². The zero-order valence-electron chi connectivity index (χ0n) is 8.81. The van der Waals surface area contributed by atoms with Crippen LogP contribution in [0.25, 0.3) is 0 Å². The predicted octanol–water partition coefficient (Wildman–Crippen LogP) is 1.49. The van der Waals surface area contributed by atoms with Crippen molar-refractivity contribution >= 4 is 0 Å². The van der Waals surface area contributed by atoms with Gasteiger partial charge in [-0.2, -0.15) is 23.7 Å². The molecule has 0 bridgehead atoms. The van der Waals surface area contributed by atoms with Crippen LogP contribution < -0.4 is 0 Å². The Labute approximate surface area is 100 Å². The monoisotopic (exact) mass is 256 g/mol. The maximum absolute atomic E-state index is 12.7. The minimum Gasteiger partial charge on any atom is -0.385 e. The van der Waals surface area contributed by atoms with Crippen molar-refractivity contribution < 1.29 is 23.4 Å². The van der Waals surface area contributed by atoms with E-state index in [1.165, 1.54) is 12.1 Å². The highest BCUT2D eigenvalue weighted by atomic mass is 19.4. The van der Waals surface area contributed by atoms with E-state index in [4.69, 9.17) is 15.6 Å². The number of rotatable bonds is 2. The van der Waals surface area contributed by atoms with E-state index in [0.717, 1.165) is 12.1 Å². The molecule has 2 N–H and O–H groups in total. The molecule has 1 aromatic carbocycles. The SMILES string of the molecule is N#Cc1ccc(C(O)C(O)C#N)c(C(F)(F)F)c1. The molecule has 94 valence electrons. The largest absolute Gasteiger partial charge is 0.416 e. The van der Waals surface area contributed by atoms with Gasteiger partial charge in [-0.25, -0.2) is 0 Å². The lowest BCUT2D eigenvalue weighted by molar-refractivity contribution is -0.139. The van der Waals surface area contributed by atoms with E-state index >= 15 is 0 Å². The van der Waals surface area contributed by atoms with Crippen LogP contribution >= 0.6 is 0 Å². The van der Waals surface area contributed by atoms with Crippen LogP contribution in [-0.4, -0.2) is 16.3 Å². The van der Waals surface area contributed by atoms with Gasteiger partial charge >= 0.3 is 6.18 Å². The molecule has 0 aliphatic rings. The Kier molecular flexibility index (Phi) is 3.92. The Morgan fingerprint density at radius 2 is 1.78 bits per heavy atom. The van der Waals surface area contributed by atoms with Crippen molar-refractivity contribution in [2.24, 2.45) is 0 Å². The molecule has 7 heteroatoms. The Morgan fingerprint density at radius 3 is 2.22 bits per heavy atom. The van der Waals surface area contributed by atoms with Gasteiger partial charge in [0.2, 0.25) is 0 Å². The minimum atomic E-state index is -4.79. The number of halogens is 3. The van der Waals surface area contributed by atoms with Crippen LogP contribution in [0, 0.1) is 22.7 Å². The fourth-order valence-electron chi connectivity index (χ4n) is 1.37. The van der Waals surface area contributed by atoms with E-state index in [0.29, 0.717) is 6.07 Å². The van der Waals surface area contributed by atoms with Gasteiger partial charge in [-0.15, -0.1) is 0 Å². The number of hydrogen-bond donors (Lipinski definition) is 2. The Morgan fingerprint density at radius 1 is 1.17 bits per heavy atom. The second-order valence-corrected chi connectivity index (χ2v) is 3.43. The number of benzene rings is 1. The van der Waals surface area contributed by atoms with Crippen molar-refractivity contribution in [2.45, 2.75) is 18.4 Å². The molecule has 1 aromatic rings. The molecule has 2 unspecified atom stereocenters. The second-order valence-electron chi connectivity index (χ2n) is 3.43. The van der Waals surface area contributed by atoms with Gasteiger partial charge in [-0.05, 0) is 17.7 Å².